The van der Waals surface area contributed by atoms with Gasteiger partial charge >= 0.3 is 6.09 Å². The standard InChI is InChI=1S/C6H11N3O3/c7-9-6(11)12-3-4-1-2-8-5(4)10/h4H,1-3,7H2,(H,8,10)(H,9,11)/t4-/m0/s1. The lowest BCUT2D eigenvalue weighted by Crippen LogP contribution is -2.33. The summed E-state index contributed by atoms with van der Waals surface area (Å²) in [6, 6.07) is 0. The molecule has 6 nitrogen and oxygen atoms in total. The van der Waals surface area contributed by atoms with Crippen LogP contribution in [0.1, 0.15) is 6.42 Å². The molecule has 0 aliphatic carbocycles. The second-order valence-electron chi connectivity index (χ2n) is 2.52. The average molecular weight is 173 g/mol. The lowest BCUT2D eigenvalue weighted by atomic mass is 10.1. The van der Waals surface area contributed by atoms with E-state index in [2.05, 4.69) is 10.1 Å². The molecule has 6 heteroatoms. The van der Waals surface area contributed by atoms with E-state index in [0.717, 1.165) is 0 Å². The highest BCUT2D eigenvalue weighted by Crippen LogP contribution is 2.08. The smallest absolute Gasteiger partial charge is 0.421 e. The van der Waals surface area contributed by atoms with Crippen LogP contribution in [0.5, 0.6) is 0 Å². The van der Waals surface area contributed by atoms with Gasteiger partial charge in [0.25, 0.3) is 0 Å². The lowest BCUT2D eigenvalue weighted by Gasteiger charge is -2.06. The molecule has 1 aliphatic heterocycles. The normalized spacial score (nSPS) is 21.8. The second kappa shape index (κ2) is 3.91. The van der Waals surface area contributed by atoms with E-state index in [0.29, 0.717) is 13.0 Å². The molecule has 4 N–H and O–H groups in total. The summed E-state index contributed by atoms with van der Waals surface area (Å²) in [7, 11) is 0. The van der Waals surface area contributed by atoms with Crippen LogP contribution in [0.2, 0.25) is 0 Å². The van der Waals surface area contributed by atoms with Crippen molar-refractivity contribution in [3.8, 4) is 0 Å². The third kappa shape index (κ3) is 2.09. The Labute approximate surface area is 69.4 Å². The van der Waals surface area contributed by atoms with Crippen molar-refractivity contribution in [2.75, 3.05) is 13.2 Å². The summed E-state index contributed by atoms with van der Waals surface area (Å²) in [4.78, 5) is 21.4. The van der Waals surface area contributed by atoms with E-state index in [-0.39, 0.29) is 18.4 Å². The molecule has 0 radical (unpaired) electrons. The number of rotatable bonds is 2. The summed E-state index contributed by atoms with van der Waals surface area (Å²) < 4.78 is 4.61. The predicted octanol–water partition coefficient (Wildman–Crippen LogP) is -1.28. The first-order valence-electron chi connectivity index (χ1n) is 3.65. The molecule has 1 atom stereocenters. The summed E-state index contributed by atoms with van der Waals surface area (Å²) in [5.74, 6) is 4.48. The molecule has 0 saturated carbocycles. The topological polar surface area (TPSA) is 93.4 Å². The highest BCUT2D eigenvalue weighted by molar-refractivity contribution is 5.81. The SMILES string of the molecule is NNC(=O)OC[C@@H]1CCNC1=O. The van der Waals surface area contributed by atoms with E-state index < -0.39 is 6.09 Å². The molecule has 2 amide bonds. The number of ether oxygens (including phenoxy) is 1. The van der Waals surface area contributed by atoms with Crippen LogP contribution < -0.4 is 16.6 Å². The van der Waals surface area contributed by atoms with Gasteiger partial charge in [-0.25, -0.2) is 10.6 Å². The molecule has 1 aliphatic rings. The number of hydrogen-bond donors (Lipinski definition) is 3. The number of nitrogens with one attached hydrogen (secondary N) is 2. The Kier molecular flexibility index (Phi) is 2.87. The monoisotopic (exact) mass is 173 g/mol. The van der Waals surface area contributed by atoms with Crippen LogP contribution >= 0.6 is 0 Å². The summed E-state index contributed by atoms with van der Waals surface area (Å²) in [5, 5.41) is 2.63. The van der Waals surface area contributed by atoms with Crippen molar-refractivity contribution in [2.24, 2.45) is 11.8 Å². The van der Waals surface area contributed by atoms with Crippen molar-refractivity contribution in [1.82, 2.24) is 10.7 Å². The molecule has 0 aromatic heterocycles. The van der Waals surface area contributed by atoms with Crippen molar-refractivity contribution in [3.63, 3.8) is 0 Å². The fourth-order valence-corrected chi connectivity index (χ4v) is 1.02. The zero-order valence-corrected chi connectivity index (χ0v) is 6.50. The van der Waals surface area contributed by atoms with E-state index >= 15 is 0 Å². The van der Waals surface area contributed by atoms with Crippen LogP contribution in [0, 0.1) is 5.92 Å². The molecule has 0 unspecified atom stereocenters. The summed E-state index contributed by atoms with van der Waals surface area (Å²) in [6.07, 6.45) is -0.00820. The molecule has 1 heterocycles. The van der Waals surface area contributed by atoms with Crippen LogP contribution in [0.4, 0.5) is 4.79 Å². The first kappa shape index (κ1) is 8.79. The van der Waals surface area contributed by atoms with Crippen molar-refractivity contribution in [1.29, 1.82) is 0 Å². The average Bonchev–Trinajstić information content (AvgIpc) is 2.47. The molecule has 1 fully saturated rings. The predicted molar refractivity (Wildman–Crippen MR) is 39.8 cm³/mol. The Morgan fingerprint density at radius 2 is 2.58 bits per heavy atom. The molecule has 0 bridgehead atoms. The number of hydrazine groups is 1. The highest BCUT2D eigenvalue weighted by atomic mass is 16.6. The maximum atomic E-state index is 10.9. The second-order valence-corrected chi connectivity index (χ2v) is 2.52. The Hall–Kier alpha value is -1.30. The van der Waals surface area contributed by atoms with Crippen LogP contribution in [0.25, 0.3) is 0 Å². The minimum atomic E-state index is -0.713. The molecule has 12 heavy (non-hydrogen) atoms. The zero-order chi connectivity index (χ0) is 8.97. The van der Waals surface area contributed by atoms with Gasteiger partial charge in [0, 0.05) is 6.54 Å². The Morgan fingerprint density at radius 3 is 3.08 bits per heavy atom. The number of nitrogens with two attached hydrogens (primary N) is 1. The van der Waals surface area contributed by atoms with Gasteiger partial charge in [-0.3, -0.25) is 10.2 Å². The van der Waals surface area contributed by atoms with Gasteiger partial charge in [-0.05, 0) is 6.42 Å². The Balaban J connectivity index is 2.22. The Morgan fingerprint density at radius 1 is 1.83 bits per heavy atom. The minimum absolute atomic E-state index is 0.0696. The van der Waals surface area contributed by atoms with Crippen LogP contribution in [-0.2, 0) is 9.53 Å². The van der Waals surface area contributed by atoms with Crippen molar-refractivity contribution < 1.29 is 14.3 Å². The molecular formula is C6H11N3O3. The number of carbonyl (C=O) groups is 2. The van der Waals surface area contributed by atoms with Crippen LogP contribution in [-0.4, -0.2) is 25.2 Å². The van der Waals surface area contributed by atoms with Gasteiger partial charge in [0.15, 0.2) is 0 Å². The van der Waals surface area contributed by atoms with Crippen molar-refractivity contribution in [2.45, 2.75) is 6.42 Å². The number of hydrogen-bond acceptors (Lipinski definition) is 4. The summed E-state index contributed by atoms with van der Waals surface area (Å²) in [6.45, 7) is 0.742. The van der Waals surface area contributed by atoms with Crippen molar-refractivity contribution >= 4 is 12.0 Å². The third-order valence-corrected chi connectivity index (χ3v) is 1.70. The largest absolute Gasteiger partial charge is 0.448 e. The van der Waals surface area contributed by atoms with E-state index in [1.54, 1.807) is 0 Å². The van der Waals surface area contributed by atoms with E-state index in [9.17, 15) is 9.59 Å². The molecule has 0 aromatic carbocycles. The minimum Gasteiger partial charge on any atom is -0.448 e. The first-order chi connectivity index (χ1) is 5.74. The zero-order valence-electron chi connectivity index (χ0n) is 6.50. The summed E-state index contributed by atoms with van der Waals surface area (Å²) >= 11 is 0. The van der Waals surface area contributed by atoms with Crippen LogP contribution in [0.3, 0.4) is 0 Å². The van der Waals surface area contributed by atoms with Gasteiger partial charge in [0.05, 0.1) is 5.92 Å². The number of amides is 2. The molecule has 68 valence electrons. The molecule has 0 aromatic rings. The third-order valence-electron chi connectivity index (χ3n) is 1.70. The van der Waals surface area contributed by atoms with Gasteiger partial charge in [-0.1, -0.05) is 0 Å². The maximum Gasteiger partial charge on any atom is 0.421 e. The first-order valence-corrected chi connectivity index (χ1v) is 3.65. The highest BCUT2D eigenvalue weighted by Gasteiger charge is 2.25. The molecule has 0 spiro atoms. The molecule has 1 saturated heterocycles. The van der Waals surface area contributed by atoms with Gasteiger partial charge in [-0.2, -0.15) is 0 Å². The fourth-order valence-electron chi connectivity index (χ4n) is 1.02. The van der Waals surface area contributed by atoms with Gasteiger partial charge in [0.1, 0.15) is 6.61 Å². The van der Waals surface area contributed by atoms with E-state index in [1.165, 1.54) is 0 Å². The molecular weight excluding hydrogens is 162 g/mol. The lowest BCUT2D eigenvalue weighted by molar-refractivity contribution is -0.123. The van der Waals surface area contributed by atoms with Gasteiger partial charge in [0.2, 0.25) is 5.91 Å². The van der Waals surface area contributed by atoms with E-state index in [1.807, 2.05) is 5.43 Å². The van der Waals surface area contributed by atoms with E-state index in [4.69, 9.17) is 5.84 Å². The van der Waals surface area contributed by atoms with Gasteiger partial charge in [-0.15, -0.1) is 0 Å². The summed E-state index contributed by atoms with van der Waals surface area (Å²) in [5.41, 5.74) is 1.81. The van der Waals surface area contributed by atoms with Crippen LogP contribution in [0.15, 0.2) is 0 Å². The fraction of sp³-hybridized carbons (Fsp3) is 0.667. The Bertz CT molecular complexity index is 194. The maximum absolute atomic E-state index is 10.9. The number of carbonyl (C=O) groups excluding carboxylic acids is 2. The quantitative estimate of drug-likeness (QED) is 0.275. The van der Waals surface area contributed by atoms with Crippen molar-refractivity contribution in [3.05, 3.63) is 0 Å². The molecule has 1 rings (SSSR count). The van der Waals surface area contributed by atoms with Gasteiger partial charge < -0.3 is 10.1 Å².